The molecule has 2 N–H and O–H groups in total. The number of carbonyl (C=O) groups is 1. The molecule has 4 aliphatic rings. The summed E-state index contributed by atoms with van der Waals surface area (Å²) in [5, 5.41) is 20.8. The average molecular weight is 407 g/mol. The molecule has 4 unspecified atom stereocenters. The van der Waals surface area contributed by atoms with Crippen molar-refractivity contribution in [3.05, 3.63) is 0 Å². The van der Waals surface area contributed by atoms with Gasteiger partial charge in [0.25, 0.3) is 0 Å². The van der Waals surface area contributed by atoms with Crippen LogP contribution in [0.3, 0.4) is 0 Å². The van der Waals surface area contributed by atoms with E-state index in [0.717, 1.165) is 32.1 Å². The van der Waals surface area contributed by atoms with Crippen LogP contribution in [0.4, 0.5) is 0 Å². The Morgan fingerprint density at radius 1 is 1.07 bits per heavy atom. The number of ether oxygens (including phenoxy) is 1. The lowest BCUT2D eigenvalue weighted by Gasteiger charge is -2.62. The first-order valence-corrected chi connectivity index (χ1v) is 12.2. The molecule has 0 amide bonds. The smallest absolute Gasteiger partial charge is 0.302 e. The highest BCUT2D eigenvalue weighted by Crippen LogP contribution is 2.68. The highest BCUT2D eigenvalue weighted by Gasteiger charge is 2.63. The molecule has 0 aliphatic heterocycles. The van der Waals surface area contributed by atoms with Gasteiger partial charge in [-0.25, -0.2) is 0 Å². The van der Waals surface area contributed by atoms with Crippen LogP contribution in [0.2, 0.25) is 0 Å². The first kappa shape index (κ1) is 21.6. The molecule has 4 nitrogen and oxygen atoms in total. The highest BCUT2D eigenvalue weighted by atomic mass is 16.5. The van der Waals surface area contributed by atoms with Crippen molar-refractivity contribution in [1.82, 2.24) is 0 Å². The fourth-order valence-corrected chi connectivity index (χ4v) is 8.91. The second-order valence-electron chi connectivity index (χ2n) is 11.5. The molecular weight excluding hydrogens is 364 g/mol. The third kappa shape index (κ3) is 3.46. The standard InChI is InChI=1S/C25H42O4/c1-15(9-12-26)19-5-6-20-23-21(8-11-25(19,20)4)24(3)10-7-18(29-16(2)27)13-17(24)14-22(23)28/h15,17-23,26,28H,5-14H2,1-4H3/t15-,17?,18-,19-,20?,21?,22-,23?,24+,25-/m1/s1. The van der Waals surface area contributed by atoms with Crippen LogP contribution in [-0.2, 0) is 9.53 Å². The predicted molar refractivity (Wildman–Crippen MR) is 113 cm³/mol. The second-order valence-corrected chi connectivity index (χ2v) is 11.5. The van der Waals surface area contributed by atoms with Crippen LogP contribution >= 0.6 is 0 Å². The van der Waals surface area contributed by atoms with Gasteiger partial charge >= 0.3 is 5.97 Å². The van der Waals surface area contributed by atoms with Crippen molar-refractivity contribution in [3.63, 3.8) is 0 Å². The van der Waals surface area contributed by atoms with Crippen molar-refractivity contribution >= 4 is 5.97 Å². The summed E-state index contributed by atoms with van der Waals surface area (Å²) in [6.45, 7) is 9.10. The van der Waals surface area contributed by atoms with Crippen molar-refractivity contribution < 1.29 is 19.7 Å². The Hall–Kier alpha value is -0.610. The van der Waals surface area contributed by atoms with Crippen molar-refractivity contribution in [3.8, 4) is 0 Å². The summed E-state index contributed by atoms with van der Waals surface area (Å²) in [6.07, 6.45) is 9.61. The molecule has 0 bridgehead atoms. The summed E-state index contributed by atoms with van der Waals surface area (Å²) in [4.78, 5) is 11.4. The Morgan fingerprint density at radius 2 is 1.76 bits per heavy atom. The largest absolute Gasteiger partial charge is 0.463 e. The maximum Gasteiger partial charge on any atom is 0.302 e. The molecule has 0 radical (unpaired) electrons. The number of esters is 1. The summed E-state index contributed by atoms with van der Waals surface area (Å²) in [7, 11) is 0. The quantitative estimate of drug-likeness (QED) is 0.671. The molecule has 29 heavy (non-hydrogen) atoms. The number of hydrogen-bond acceptors (Lipinski definition) is 4. The fraction of sp³-hybridized carbons (Fsp3) is 0.960. The van der Waals surface area contributed by atoms with E-state index in [1.54, 1.807) is 0 Å². The van der Waals surface area contributed by atoms with Crippen molar-refractivity contribution in [2.75, 3.05) is 6.61 Å². The van der Waals surface area contributed by atoms with Gasteiger partial charge in [0.05, 0.1) is 6.10 Å². The van der Waals surface area contributed by atoms with E-state index >= 15 is 0 Å². The van der Waals surface area contributed by atoms with Crippen LogP contribution in [0.5, 0.6) is 0 Å². The lowest BCUT2D eigenvalue weighted by Crippen LogP contribution is -2.58. The summed E-state index contributed by atoms with van der Waals surface area (Å²) < 4.78 is 5.56. The van der Waals surface area contributed by atoms with Gasteiger partial charge in [0.15, 0.2) is 0 Å². The molecule has 0 aromatic rings. The molecule has 4 rings (SSSR count). The minimum atomic E-state index is -0.217. The third-order valence-corrected chi connectivity index (χ3v) is 10.3. The van der Waals surface area contributed by atoms with Gasteiger partial charge in [-0.1, -0.05) is 20.8 Å². The summed E-state index contributed by atoms with van der Waals surface area (Å²) >= 11 is 0. The van der Waals surface area contributed by atoms with Gasteiger partial charge in [-0.2, -0.15) is 0 Å². The normalized spacial score (nSPS) is 50.2. The zero-order chi connectivity index (χ0) is 21.0. The molecular formula is C25H42O4. The van der Waals surface area contributed by atoms with E-state index in [1.165, 1.54) is 32.6 Å². The maximum absolute atomic E-state index is 11.4. The Bertz CT molecular complexity index is 620. The molecule has 0 heterocycles. The van der Waals surface area contributed by atoms with Crippen LogP contribution in [0.25, 0.3) is 0 Å². The number of aliphatic hydroxyl groups excluding tert-OH is 2. The highest BCUT2D eigenvalue weighted by molar-refractivity contribution is 5.66. The van der Waals surface area contributed by atoms with Gasteiger partial charge < -0.3 is 14.9 Å². The molecule has 4 heteroatoms. The minimum Gasteiger partial charge on any atom is -0.463 e. The van der Waals surface area contributed by atoms with E-state index in [4.69, 9.17) is 4.74 Å². The topological polar surface area (TPSA) is 66.8 Å². The van der Waals surface area contributed by atoms with Crippen LogP contribution in [0.15, 0.2) is 0 Å². The maximum atomic E-state index is 11.4. The first-order valence-electron chi connectivity index (χ1n) is 12.2. The van der Waals surface area contributed by atoms with E-state index in [0.29, 0.717) is 40.9 Å². The molecule has 4 saturated carbocycles. The van der Waals surface area contributed by atoms with Crippen molar-refractivity contribution in [2.24, 2.45) is 46.3 Å². The molecule has 4 fully saturated rings. The molecule has 0 aromatic carbocycles. The zero-order valence-corrected chi connectivity index (χ0v) is 18.9. The second kappa shape index (κ2) is 7.82. The Labute approximate surface area is 176 Å². The lowest BCUT2D eigenvalue weighted by molar-refractivity contribution is -0.182. The molecule has 4 aliphatic carbocycles. The van der Waals surface area contributed by atoms with Gasteiger partial charge in [-0.3, -0.25) is 4.79 Å². The number of rotatable bonds is 4. The number of fused-ring (bicyclic) bond motifs is 5. The van der Waals surface area contributed by atoms with Crippen LogP contribution < -0.4 is 0 Å². The van der Waals surface area contributed by atoms with E-state index in [2.05, 4.69) is 20.8 Å². The van der Waals surface area contributed by atoms with E-state index in [-0.39, 0.29) is 30.2 Å². The third-order valence-electron chi connectivity index (χ3n) is 10.3. The summed E-state index contributed by atoms with van der Waals surface area (Å²) in [6, 6.07) is 0. The predicted octanol–water partition coefficient (Wildman–Crippen LogP) is 4.57. The average Bonchev–Trinajstić information content (AvgIpc) is 3.00. The number of aliphatic hydroxyl groups is 2. The van der Waals surface area contributed by atoms with Gasteiger partial charge in [-0.05, 0) is 104 Å². The molecule has 166 valence electrons. The van der Waals surface area contributed by atoms with E-state index in [9.17, 15) is 15.0 Å². The molecule has 0 saturated heterocycles. The van der Waals surface area contributed by atoms with Crippen LogP contribution in [0.1, 0.15) is 85.5 Å². The monoisotopic (exact) mass is 406 g/mol. The first-order chi connectivity index (χ1) is 13.7. The van der Waals surface area contributed by atoms with Crippen molar-refractivity contribution in [1.29, 1.82) is 0 Å². The fourth-order valence-electron chi connectivity index (χ4n) is 8.91. The van der Waals surface area contributed by atoms with Crippen LogP contribution in [-0.4, -0.2) is 35.0 Å². The van der Waals surface area contributed by atoms with Crippen molar-refractivity contribution in [2.45, 2.75) is 97.7 Å². The summed E-state index contributed by atoms with van der Waals surface area (Å²) in [5.74, 6) is 3.17. The van der Waals surface area contributed by atoms with E-state index in [1.807, 2.05) is 0 Å². The molecule has 0 aromatic heterocycles. The van der Waals surface area contributed by atoms with Gasteiger partial charge in [-0.15, -0.1) is 0 Å². The minimum absolute atomic E-state index is 0.0402. The Morgan fingerprint density at radius 3 is 2.45 bits per heavy atom. The van der Waals surface area contributed by atoms with E-state index < -0.39 is 0 Å². The van der Waals surface area contributed by atoms with Gasteiger partial charge in [0.1, 0.15) is 6.10 Å². The number of hydrogen-bond donors (Lipinski definition) is 2. The zero-order valence-electron chi connectivity index (χ0n) is 18.9. The van der Waals surface area contributed by atoms with Gasteiger partial charge in [0.2, 0.25) is 0 Å². The summed E-state index contributed by atoms with van der Waals surface area (Å²) in [5.41, 5.74) is 0.589. The lowest BCUT2D eigenvalue weighted by atomic mass is 9.43. The number of carbonyl (C=O) groups excluding carboxylic acids is 1. The molecule has 10 atom stereocenters. The SMILES string of the molecule is CC(=O)O[C@@H]1CC[C@@]2(C)C(C1)C[C@@H](O)C1C2CC[C@@]2(C)C1CC[C@@H]2[C@H](C)CCO. The Kier molecular flexibility index (Phi) is 5.83. The van der Waals surface area contributed by atoms with Crippen LogP contribution in [0, 0.1) is 46.3 Å². The Balaban J connectivity index is 1.55. The van der Waals surface area contributed by atoms with Gasteiger partial charge in [0, 0.05) is 13.5 Å². The molecule has 0 spiro atoms.